The third kappa shape index (κ3) is 1.18. The van der Waals surface area contributed by atoms with Gasteiger partial charge in [0.2, 0.25) is 5.91 Å². The van der Waals surface area contributed by atoms with Crippen LogP contribution in [0.25, 0.3) is 0 Å². The first kappa shape index (κ1) is 6.48. The monoisotopic (exact) mass is 144 g/mol. The van der Waals surface area contributed by atoms with Gasteiger partial charge in [0.15, 0.2) is 5.11 Å². The molecule has 4 heteroatoms. The van der Waals surface area contributed by atoms with Crippen molar-refractivity contribution in [1.82, 2.24) is 10.2 Å². The zero-order valence-electron chi connectivity index (χ0n) is 5.18. The van der Waals surface area contributed by atoms with E-state index in [0.29, 0.717) is 11.7 Å². The van der Waals surface area contributed by atoms with Crippen LogP contribution in [0.5, 0.6) is 0 Å². The maximum atomic E-state index is 10.7. The SMILES string of the molecule is CC(=O)N1CCNC1=S. The quantitative estimate of drug-likeness (QED) is 0.475. The zero-order chi connectivity index (χ0) is 6.85. The Balaban J connectivity index is 2.60. The van der Waals surface area contributed by atoms with E-state index in [2.05, 4.69) is 5.32 Å². The van der Waals surface area contributed by atoms with E-state index in [0.717, 1.165) is 6.54 Å². The Hall–Kier alpha value is -0.640. The molecule has 1 rings (SSSR count). The Morgan fingerprint density at radius 1 is 1.89 bits per heavy atom. The highest BCUT2D eigenvalue weighted by atomic mass is 32.1. The first-order valence-electron chi connectivity index (χ1n) is 2.78. The van der Waals surface area contributed by atoms with Crippen LogP contribution in [0.4, 0.5) is 0 Å². The number of carbonyl (C=O) groups excluding carboxylic acids is 1. The Bertz CT molecular complexity index is 157. The van der Waals surface area contributed by atoms with Gasteiger partial charge in [0, 0.05) is 20.0 Å². The van der Waals surface area contributed by atoms with E-state index in [4.69, 9.17) is 12.2 Å². The molecule has 1 N–H and O–H groups in total. The molecular weight excluding hydrogens is 136 g/mol. The van der Waals surface area contributed by atoms with Gasteiger partial charge in [-0.1, -0.05) is 0 Å². The van der Waals surface area contributed by atoms with Crippen molar-refractivity contribution in [3.8, 4) is 0 Å². The van der Waals surface area contributed by atoms with Crippen molar-refractivity contribution in [2.45, 2.75) is 6.92 Å². The average molecular weight is 144 g/mol. The van der Waals surface area contributed by atoms with Gasteiger partial charge in [0.1, 0.15) is 0 Å². The molecule has 0 aromatic rings. The molecule has 1 aliphatic heterocycles. The predicted molar refractivity (Wildman–Crippen MR) is 38.0 cm³/mol. The van der Waals surface area contributed by atoms with E-state index in [1.54, 1.807) is 4.90 Å². The highest BCUT2D eigenvalue weighted by Crippen LogP contribution is 1.95. The number of rotatable bonds is 0. The summed E-state index contributed by atoms with van der Waals surface area (Å²) in [6.07, 6.45) is 0. The van der Waals surface area contributed by atoms with Gasteiger partial charge in [-0.3, -0.25) is 9.69 Å². The fourth-order valence-electron chi connectivity index (χ4n) is 0.772. The molecule has 1 fully saturated rings. The smallest absolute Gasteiger partial charge is 0.225 e. The van der Waals surface area contributed by atoms with E-state index in [-0.39, 0.29) is 5.91 Å². The molecule has 0 saturated carbocycles. The second-order valence-electron chi connectivity index (χ2n) is 1.90. The summed E-state index contributed by atoms with van der Waals surface area (Å²) >= 11 is 4.81. The molecular formula is C5H8N2OS. The maximum Gasteiger partial charge on any atom is 0.225 e. The van der Waals surface area contributed by atoms with Crippen molar-refractivity contribution in [2.24, 2.45) is 0 Å². The molecule has 0 aromatic carbocycles. The lowest BCUT2D eigenvalue weighted by Gasteiger charge is -2.09. The number of carbonyl (C=O) groups is 1. The molecule has 3 nitrogen and oxygen atoms in total. The molecule has 9 heavy (non-hydrogen) atoms. The molecule has 0 radical (unpaired) electrons. The molecule has 0 atom stereocenters. The number of nitrogens with one attached hydrogen (secondary N) is 1. The van der Waals surface area contributed by atoms with Crippen LogP contribution in [0.2, 0.25) is 0 Å². The van der Waals surface area contributed by atoms with Crippen LogP contribution >= 0.6 is 12.2 Å². The summed E-state index contributed by atoms with van der Waals surface area (Å²) in [4.78, 5) is 12.2. The van der Waals surface area contributed by atoms with Crippen LogP contribution < -0.4 is 5.32 Å². The van der Waals surface area contributed by atoms with Gasteiger partial charge in [-0.15, -0.1) is 0 Å². The number of hydrogen-bond donors (Lipinski definition) is 1. The molecule has 1 heterocycles. The van der Waals surface area contributed by atoms with Gasteiger partial charge in [0.25, 0.3) is 0 Å². The molecule has 1 amide bonds. The summed E-state index contributed by atoms with van der Waals surface area (Å²) in [5.41, 5.74) is 0. The van der Waals surface area contributed by atoms with Crippen LogP contribution in [0.1, 0.15) is 6.92 Å². The van der Waals surface area contributed by atoms with Crippen molar-refractivity contribution < 1.29 is 4.79 Å². The van der Waals surface area contributed by atoms with Gasteiger partial charge in [-0.05, 0) is 12.2 Å². The minimum absolute atomic E-state index is 0.0185. The summed E-state index contributed by atoms with van der Waals surface area (Å²) in [5.74, 6) is 0.0185. The lowest BCUT2D eigenvalue weighted by molar-refractivity contribution is -0.124. The minimum Gasteiger partial charge on any atom is -0.360 e. The topological polar surface area (TPSA) is 32.3 Å². The van der Waals surface area contributed by atoms with Gasteiger partial charge in [-0.25, -0.2) is 0 Å². The summed E-state index contributed by atoms with van der Waals surface area (Å²) in [5, 5.41) is 3.45. The third-order valence-corrected chi connectivity index (χ3v) is 1.60. The van der Waals surface area contributed by atoms with Crippen molar-refractivity contribution >= 4 is 23.2 Å². The Kier molecular flexibility index (Phi) is 1.66. The van der Waals surface area contributed by atoms with Crippen molar-refractivity contribution in [3.63, 3.8) is 0 Å². The van der Waals surface area contributed by atoms with Crippen molar-refractivity contribution in [1.29, 1.82) is 0 Å². The van der Waals surface area contributed by atoms with E-state index in [1.165, 1.54) is 6.92 Å². The Morgan fingerprint density at radius 2 is 2.56 bits per heavy atom. The first-order chi connectivity index (χ1) is 4.22. The zero-order valence-corrected chi connectivity index (χ0v) is 5.99. The van der Waals surface area contributed by atoms with Crippen LogP contribution in [-0.4, -0.2) is 29.0 Å². The number of nitrogens with zero attached hydrogens (tertiary/aromatic N) is 1. The summed E-state index contributed by atoms with van der Waals surface area (Å²) < 4.78 is 0. The molecule has 0 spiro atoms. The van der Waals surface area contributed by atoms with Crippen molar-refractivity contribution in [2.75, 3.05) is 13.1 Å². The lowest BCUT2D eigenvalue weighted by Crippen LogP contribution is -2.31. The fraction of sp³-hybridized carbons (Fsp3) is 0.600. The summed E-state index contributed by atoms with van der Waals surface area (Å²) in [6.45, 7) is 3.02. The van der Waals surface area contributed by atoms with E-state index in [1.807, 2.05) is 0 Å². The fourth-order valence-corrected chi connectivity index (χ4v) is 1.09. The second-order valence-corrected chi connectivity index (χ2v) is 2.29. The Labute approximate surface area is 59.0 Å². The van der Waals surface area contributed by atoms with E-state index in [9.17, 15) is 4.79 Å². The van der Waals surface area contributed by atoms with Crippen LogP contribution in [-0.2, 0) is 4.79 Å². The van der Waals surface area contributed by atoms with E-state index >= 15 is 0 Å². The molecule has 0 unspecified atom stereocenters. The number of amides is 1. The van der Waals surface area contributed by atoms with Crippen LogP contribution in [0, 0.1) is 0 Å². The summed E-state index contributed by atoms with van der Waals surface area (Å²) in [7, 11) is 0. The lowest BCUT2D eigenvalue weighted by atomic mass is 10.5. The molecule has 50 valence electrons. The highest BCUT2D eigenvalue weighted by molar-refractivity contribution is 7.80. The normalized spacial score (nSPS) is 17.9. The van der Waals surface area contributed by atoms with Gasteiger partial charge in [-0.2, -0.15) is 0 Å². The van der Waals surface area contributed by atoms with Crippen LogP contribution in [0.15, 0.2) is 0 Å². The molecule has 0 aromatic heterocycles. The largest absolute Gasteiger partial charge is 0.360 e. The molecule has 0 aliphatic carbocycles. The van der Waals surface area contributed by atoms with Gasteiger partial charge >= 0.3 is 0 Å². The average Bonchev–Trinajstić information content (AvgIpc) is 2.13. The van der Waals surface area contributed by atoms with Gasteiger partial charge in [0.05, 0.1) is 0 Å². The standard InChI is InChI=1S/C5H8N2OS/c1-4(8)7-3-2-6-5(7)9/h2-3H2,1H3,(H,6,9). The highest BCUT2D eigenvalue weighted by Gasteiger charge is 2.18. The third-order valence-electron chi connectivity index (χ3n) is 1.24. The first-order valence-corrected chi connectivity index (χ1v) is 3.18. The van der Waals surface area contributed by atoms with Crippen molar-refractivity contribution in [3.05, 3.63) is 0 Å². The number of thiocarbonyl (C=S) groups is 1. The van der Waals surface area contributed by atoms with E-state index < -0.39 is 0 Å². The predicted octanol–water partition coefficient (Wildman–Crippen LogP) is -0.277. The molecule has 1 aliphatic rings. The molecule has 1 saturated heterocycles. The molecule has 0 bridgehead atoms. The maximum absolute atomic E-state index is 10.7. The minimum atomic E-state index is 0.0185. The Morgan fingerprint density at radius 3 is 2.78 bits per heavy atom. The van der Waals surface area contributed by atoms with Crippen LogP contribution in [0.3, 0.4) is 0 Å². The number of hydrogen-bond acceptors (Lipinski definition) is 2. The summed E-state index contributed by atoms with van der Waals surface area (Å²) in [6, 6.07) is 0. The van der Waals surface area contributed by atoms with Gasteiger partial charge < -0.3 is 5.32 Å². The second kappa shape index (κ2) is 2.31.